The van der Waals surface area contributed by atoms with Crippen LogP contribution in [0.15, 0.2) is 62.8 Å². The molecule has 0 aliphatic heterocycles. The maximum atomic E-state index is 12.6. The average Bonchev–Trinajstić information content (AvgIpc) is 2.94. The van der Waals surface area contributed by atoms with Gasteiger partial charge in [0.25, 0.3) is 5.56 Å². The second kappa shape index (κ2) is 7.53. The molecule has 0 spiro atoms. The van der Waals surface area contributed by atoms with Gasteiger partial charge in [-0.25, -0.2) is 9.48 Å². The summed E-state index contributed by atoms with van der Waals surface area (Å²) < 4.78 is 7.08. The summed E-state index contributed by atoms with van der Waals surface area (Å²) in [5.74, 6) is -0.403. The predicted molar refractivity (Wildman–Crippen MR) is 104 cm³/mol. The molecule has 3 aromatic rings. The quantitative estimate of drug-likeness (QED) is 0.522. The van der Waals surface area contributed by atoms with Crippen LogP contribution in [0.1, 0.15) is 21.6 Å². The first-order chi connectivity index (χ1) is 12.5. The number of benzene rings is 2. The number of aromatic nitrogens is 2. The maximum absolute atomic E-state index is 12.6. The number of aryl methyl sites for hydroxylation is 1. The summed E-state index contributed by atoms with van der Waals surface area (Å²) in [5, 5.41) is 3.05. The fraction of sp³-hybridized carbons (Fsp3) is 0.105. The molecule has 0 aliphatic rings. The fourth-order valence-corrected chi connectivity index (χ4v) is 2.69. The van der Waals surface area contributed by atoms with E-state index in [-0.39, 0.29) is 5.56 Å². The van der Waals surface area contributed by atoms with Gasteiger partial charge in [0.2, 0.25) is 0 Å². The third kappa shape index (κ3) is 3.67. The molecule has 0 fully saturated rings. The zero-order valence-corrected chi connectivity index (χ0v) is 15.8. The Bertz CT molecular complexity index is 1020. The van der Waals surface area contributed by atoms with Crippen LogP contribution in [0.25, 0.3) is 5.69 Å². The zero-order chi connectivity index (χ0) is 18.7. The topological polar surface area (TPSA) is 76.4 Å². The van der Waals surface area contributed by atoms with Crippen molar-refractivity contribution >= 4 is 33.8 Å². The van der Waals surface area contributed by atoms with E-state index in [1.165, 1.54) is 18.0 Å². The molecule has 0 bridgehead atoms. The Kier molecular flexibility index (Phi) is 5.18. The van der Waals surface area contributed by atoms with Gasteiger partial charge in [-0.1, -0.05) is 15.9 Å². The van der Waals surface area contributed by atoms with Gasteiger partial charge in [-0.15, -0.1) is 0 Å². The minimum absolute atomic E-state index is 0.181. The average molecular weight is 414 g/mol. The lowest BCUT2D eigenvalue weighted by Crippen LogP contribution is -2.17. The molecule has 2 aromatic carbocycles. The Hall–Kier alpha value is -2.93. The molecule has 0 aliphatic carbocycles. The van der Waals surface area contributed by atoms with E-state index in [0.717, 1.165) is 10.2 Å². The molecule has 132 valence electrons. The van der Waals surface area contributed by atoms with Crippen LogP contribution in [0.5, 0.6) is 0 Å². The Morgan fingerprint density at radius 2 is 1.81 bits per heavy atom. The summed E-state index contributed by atoms with van der Waals surface area (Å²) in [4.78, 5) is 28.4. The largest absolute Gasteiger partial charge is 0.465 e. The van der Waals surface area contributed by atoms with Crippen molar-refractivity contribution in [1.82, 2.24) is 9.78 Å². The molecule has 3 rings (SSSR count). The number of aliphatic imine (C=N–C) groups is 1. The van der Waals surface area contributed by atoms with Crippen molar-refractivity contribution < 1.29 is 9.53 Å². The standard InChI is InChI=1S/C19H16BrN3O3/c1-12-17(11-21-15-7-3-13(4-8-15)19(25)26-2)18(24)23(22-12)16-9-5-14(20)6-10-16/h3-11,22H,1-2H3. The minimum Gasteiger partial charge on any atom is -0.465 e. The van der Waals surface area contributed by atoms with E-state index in [1.54, 1.807) is 24.3 Å². The second-order valence-electron chi connectivity index (χ2n) is 5.56. The molecule has 1 N–H and O–H groups in total. The lowest BCUT2D eigenvalue weighted by molar-refractivity contribution is 0.0601. The third-order valence-corrected chi connectivity index (χ3v) is 4.36. The molecule has 0 amide bonds. The lowest BCUT2D eigenvalue weighted by Gasteiger charge is -2.00. The fourth-order valence-electron chi connectivity index (χ4n) is 2.42. The van der Waals surface area contributed by atoms with Crippen molar-refractivity contribution in [1.29, 1.82) is 0 Å². The number of hydrogen-bond acceptors (Lipinski definition) is 4. The molecule has 1 heterocycles. The highest BCUT2D eigenvalue weighted by Gasteiger charge is 2.10. The van der Waals surface area contributed by atoms with Gasteiger partial charge in [0, 0.05) is 16.4 Å². The molecular formula is C19H16BrN3O3. The van der Waals surface area contributed by atoms with Gasteiger partial charge in [-0.2, -0.15) is 0 Å². The van der Waals surface area contributed by atoms with Gasteiger partial charge in [0.05, 0.1) is 29.6 Å². The first-order valence-electron chi connectivity index (χ1n) is 7.79. The van der Waals surface area contributed by atoms with E-state index in [4.69, 9.17) is 0 Å². The molecule has 0 saturated carbocycles. The number of halogens is 1. The SMILES string of the molecule is COC(=O)c1ccc(N=Cc2c(C)[nH]n(-c3ccc(Br)cc3)c2=O)cc1. The lowest BCUT2D eigenvalue weighted by atomic mass is 10.2. The van der Waals surface area contributed by atoms with Crippen LogP contribution in [0.4, 0.5) is 5.69 Å². The van der Waals surface area contributed by atoms with Crippen LogP contribution in [0.2, 0.25) is 0 Å². The molecule has 0 radical (unpaired) electrons. The monoisotopic (exact) mass is 413 g/mol. The zero-order valence-electron chi connectivity index (χ0n) is 14.2. The molecule has 1 aromatic heterocycles. The summed E-state index contributed by atoms with van der Waals surface area (Å²) in [6.45, 7) is 1.82. The highest BCUT2D eigenvalue weighted by Crippen LogP contribution is 2.15. The number of hydrogen-bond donors (Lipinski definition) is 1. The smallest absolute Gasteiger partial charge is 0.337 e. The molecule has 0 atom stereocenters. The van der Waals surface area contributed by atoms with Crippen molar-refractivity contribution in [2.45, 2.75) is 6.92 Å². The summed E-state index contributed by atoms with van der Waals surface area (Å²) >= 11 is 3.38. The molecule has 26 heavy (non-hydrogen) atoms. The van der Waals surface area contributed by atoms with Crippen molar-refractivity contribution in [3.05, 3.63) is 80.2 Å². The van der Waals surface area contributed by atoms with E-state index >= 15 is 0 Å². The summed E-state index contributed by atoms with van der Waals surface area (Å²) in [7, 11) is 1.33. The molecule has 0 unspecified atom stereocenters. The van der Waals surface area contributed by atoms with Crippen molar-refractivity contribution in [2.24, 2.45) is 4.99 Å². The molecule has 0 saturated heterocycles. The van der Waals surface area contributed by atoms with Gasteiger partial charge in [0.15, 0.2) is 0 Å². The van der Waals surface area contributed by atoms with Crippen molar-refractivity contribution in [3.63, 3.8) is 0 Å². The number of H-pyrrole nitrogens is 1. The number of rotatable bonds is 4. The number of methoxy groups -OCH3 is 1. The van der Waals surface area contributed by atoms with Crippen molar-refractivity contribution in [3.8, 4) is 5.69 Å². The number of nitrogens with zero attached hydrogens (tertiary/aromatic N) is 2. The van der Waals surface area contributed by atoms with E-state index in [9.17, 15) is 9.59 Å². The Balaban J connectivity index is 1.88. The van der Waals surface area contributed by atoms with Crippen molar-refractivity contribution in [2.75, 3.05) is 7.11 Å². The third-order valence-electron chi connectivity index (χ3n) is 3.83. The van der Waals surface area contributed by atoms with Crippen LogP contribution in [0, 0.1) is 6.92 Å². The highest BCUT2D eigenvalue weighted by atomic mass is 79.9. The number of aromatic amines is 1. The highest BCUT2D eigenvalue weighted by molar-refractivity contribution is 9.10. The summed E-state index contributed by atoms with van der Waals surface area (Å²) in [6.07, 6.45) is 1.52. The number of esters is 1. The molecule has 6 nitrogen and oxygen atoms in total. The minimum atomic E-state index is -0.403. The summed E-state index contributed by atoms with van der Waals surface area (Å²) in [5.41, 5.74) is 2.83. The number of carbonyl (C=O) groups excluding carboxylic acids is 1. The summed E-state index contributed by atoms with van der Waals surface area (Å²) in [6, 6.07) is 14.1. The molecule has 7 heteroatoms. The number of nitrogens with one attached hydrogen (secondary N) is 1. The van der Waals surface area contributed by atoms with Gasteiger partial charge in [-0.05, 0) is 55.5 Å². The van der Waals surface area contributed by atoms with Crippen LogP contribution < -0.4 is 5.56 Å². The second-order valence-corrected chi connectivity index (χ2v) is 6.48. The van der Waals surface area contributed by atoms with E-state index < -0.39 is 5.97 Å². The van der Waals surface area contributed by atoms with Crippen LogP contribution in [0.3, 0.4) is 0 Å². The first-order valence-corrected chi connectivity index (χ1v) is 8.59. The first kappa shape index (κ1) is 17.9. The number of carbonyl (C=O) groups is 1. The molecular weight excluding hydrogens is 398 g/mol. The normalized spacial score (nSPS) is 11.0. The van der Waals surface area contributed by atoms with Crippen LogP contribution in [-0.2, 0) is 4.74 Å². The Morgan fingerprint density at radius 3 is 2.42 bits per heavy atom. The number of ether oxygens (including phenoxy) is 1. The van der Waals surface area contributed by atoms with Gasteiger partial charge >= 0.3 is 5.97 Å². The van der Waals surface area contributed by atoms with Crippen LogP contribution >= 0.6 is 15.9 Å². The predicted octanol–water partition coefficient (Wildman–Crippen LogP) is 3.77. The van der Waals surface area contributed by atoms with E-state index in [2.05, 4.69) is 30.8 Å². The van der Waals surface area contributed by atoms with Gasteiger partial charge in [0.1, 0.15) is 0 Å². The van der Waals surface area contributed by atoms with E-state index in [0.29, 0.717) is 22.5 Å². The van der Waals surface area contributed by atoms with Crippen LogP contribution in [-0.4, -0.2) is 29.1 Å². The van der Waals surface area contributed by atoms with Gasteiger partial charge < -0.3 is 4.74 Å². The maximum Gasteiger partial charge on any atom is 0.337 e. The Labute approximate surface area is 158 Å². The van der Waals surface area contributed by atoms with Gasteiger partial charge in [-0.3, -0.25) is 14.9 Å². The Morgan fingerprint density at radius 1 is 1.15 bits per heavy atom. The van der Waals surface area contributed by atoms with E-state index in [1.807, 2.05) is 31.2 Å².